The van der Waals surface area contributed by atoms with Gasteiger partial charge in [0, 0.05) is 11.4 Å². The molecule has 0 bridgehead atoms. The normalized spacial score (nSPS) is 15.4. The summed E-state index contributed by atoms with van der Waals surface area (Å²) in [7, 11) is 0. The molecule has 2 heterocycles. The van der Waals surface area contributed by atoms with Crippen molar-refractivity contribution in [1.82, 2.24) is 5.32 Å². The summed E-state index contributed by atoms with van der Waals surface area (Å²) in [5.74, 6) is -1.85. The second-order valence-electron chi connectivity index (χ2n) is 8.82. The van der Waals surface area contributed by atoms with Gasteiger partial charge in [-0.05, 0) is 61.9 Å². The number of furan rings is 1. The van der Waals surface area contributed by atoms with Crippen LogP contribution in [0.3, 0.4) is 0 Å². The van der Waals surface area contributed by atoms with E-state index in [1.807, 2.05) is 25.1 Å². The van der Waals surface area contributed by atoms with Gasteiger partial charge in [-0.2, -0.15) is 18.4 Å². The smallest absolute Gasteiger partial charge is 0.416 e. The van der Waals surface area contributed by atoms with Crippen molar-refractivity contribution in [3.05, 3.63) is 105 Å². The summed E-state index contributed by atoms with van der Waals surface area (Å²) >= 11 is 7.15. The third-order valence-electron chi connectivity index (χ3n) is 5.91. The van der Waals surface area contributed by atoms with Crippen LogP contribution in [0.15, 0.2) is 87.1 Å². The molecular formula is C28H22ClF3N4O3S. The van der Waals surface area contributed by atoms with Crippen LogP contribution in [0.5, 0.6) is 0 Å². The van der Waals surface area contributed by atoms with Gasteiger partial charge in [0.15, 0.2) is 0 Å². The van der Waals surface area contributed by atoms with E-state index in [1.54, 1.807) is 25.1 Å². The maximum absolute atomic E-state index is 13.5. The Kier molecular flexibility index (Phi) is 8.61. The molecular weight excluding hydrogens is 565 g/mol. The van der Waals surface area contributed by atoms with Crippen molar-refractivity contribution in [2.24, 2.45) is 0 Å². The minimum absolute atomic E-state index is 0.0407. The lowest BCUT2D eigenvalue weighted by atomic mass is 9.85. The largest absolute Gasteiger partial charge is 0.468 e. The van der Waals surface area contributed by atoms with Crippen LogP contribution in [-0.2, 0) is 15.8 Å². The van der Waals surface area contributed by atoms with E-state index in [2.05, 4.69) is 22.0 Å². The van der Waals surface area contributed by atoms with E-state index in [-0.39, 0.29) is 39.3 Å². The van der Waals surface area contributed by atoms with Crippen molar-refractivity contribution < 1.29 is 27.2 Å². The topological polar surface area (TPSA) is 107 Å². The first-order valence-corrected chi connectivity index (χ1v) is 13.2. The molecule has 40 heavy (non-hydrogen) atoms. The molecule has 0 saturated heterocycles. The fourth-order valence-electron chi connectivity index (χ4n) is 4.11. The fraction of sp³-hybridized carbons (Fsp3) is 0.179. The number of nitriles is 1. The van der Waals surface area contributed by atoms with Crippen LogP contribution in [0, 0.1) is 18.3 Å². The number of hydrogen-bond donors (Lipinski definition) is 3. The number of carbonyl (C=O) groups excluding carboxylic acids is 2. The number of anilines is 2. The van der Waals surface area contributed by atoms with Crippen LogP contribution in [0.4, 0.5) is 24.5 Å². The number of allylic oxidation sites excluding steroid dienone is 2. The third kappa shape index (κ3) is 6.52. The standard InChI is InChI=1S/C28H22ClF3N4O3S/c1-15-5-3-6-18(11-15)35-23(37)14-40-27-19(13-33)25(22-7-4-10-39-22)24(16(2)34-27)26(38)36-21-12-17(28(30,31)32)8-9-20(21)29/h3-12,25,34H,14H2,1-2H3,(H,35,37)(H,36,38)/t25-/m0/s1. The van der Waals surface area contributed by atoms with Crippen molar-refractivity contribution >= 4 is 46.6 Å². The molecule has 4 rings (SSSR count). The second kappa shape index (κ2) is 11.9. The number of rotatable bonds is 7. The van der Waals surface area contributed by atoms with E-state index in [4.69, 9.17) is 16.0 Å². The van der Waals surface area contributed by atoms with E-state index in [0.29, 0.717) is 16.4 Å². The first kappa shape index (κ1) is 28.9. The monoisotopic (exact) mass is 586 g/mol. The van der Waals surface area contributed by atoms with Crippen molar-refractivity contribution in [3.63, 3.8) is 0 Å². The van der Waals surface area contributed by atoms with Crippen molar-refractivity contribution in [3.8, 4) is 6.07 Å². The van der Waals surface area contributed by atoms with Gasteiger partial charge in [0.25, 0.3) is 5.91 Å². The van der Waals surface area contributed by atoms with Crippen molar-refractivity contribution in [2.75, 3.05) is 16.4 Å². The molecule has 12 heteroatoms. The molecule has 0 saturated carbocycles. The van der Waals surface area contributed by atoms with Crippen LogP contribution in [-0.4, -0.2) is 17.6 Å². The Labute approximate surface area is 237 Å². The summed E-state index contributed by atoms with van der Waals surface area (Å²) in [6.07, 6.45) is -3.26. The molecule has 1 aromatic heterocycles. The fourth-order valence-corrected chi connectivity index (χ4v) is 5.17. The van der Waals surface area contributed by atoms with Crippen LogP contribution < -0.4 is 16.0 Å². The molecule has 2 amide bonds. The minimum atomic E-state index is -4.64. The van der Waals surface area contributed by atoms with E-state index >= 15 is 0 Å². The zero-order chi connectivity index (χ0) is 29.0. The maximum atomic E-state index is 13.5. The quantitative estimate of drug-likeness (QED) is 0.276. The van der Waals surface area contributed by atoms with Crippen LogP contribution in [0.1, 0.15) is 29.7 Å². The van der Waals surface area contributed by atoms with Gasteiger partial charge in [0.05, 0.1) is 56.5 Å². The van der Waals surface area contributed by atoms with E-state index in [9.17, 15) is 28.0 Å². The number of carbonyl (C=O) groups is 2. The van der Waals surface area contributed by atoms with Gasteiger partial charge in [0.1, 0.15) is 5.76 Å². The molecule has 206 valence electrons. The predicted octanol–water partition coefficient (Wildman–Crippen LogP) is 6.97. The van der Waals surface area contributed by atoms with Gasteiger partial charge in [-0.1, -0.05) is 35.5 Å². The summed E-state index contributed by atoms with van der Waals surface area (Å²) < 4.78 is 45.3. The molecule has 3 aromatic rings. The molecule has 0 radical (unpaired) electrons. The van der Waals surface area contributed by atoms with Gasteiger partial charge < -0.3 is 20.4 Å². The highest BCUT2D eigenvalue weighted by Crippen LogP contribution is 2.42. The highest BCUT2D eigenvalue weighted by atomic mass is 35.5. The zero-order valence-electron chi connectivity index (χ0n) is 21.2. The number of nitrogens with one attached hydrogen (secondary N) is 3. The lowest BCUT2D eigenvalue weighted by Crippen LogP contribution is -2.31. The number of aryl methyl sites for hydroxylation is 1. The molecule has 2 aromatic carbocycles. The van der Waals surface area contributed by atoms with Crippen LogP contribution in [0.2, 0.25) is 5.02 Å². The van der Waals surface area contributed by atoms with Gasteiger partial charge >= 0.3 is 6.18 Å². The molecule has 3 N–H and O–H groups in total. The van der Waals surface area contributed by atoms with E-state index < -0.39 is 23.6 Å². The molecule has 1 aliphatic heterocycles. The van der Waals surface area contributed by atoms with E-state index in [1.165, 1.54) is 6.26 Å². The highest BCUT2D eigenvalue weighted by Gasteiger charge is 2.37. The Bertz CT molecular complexity index is 1560. The summed E-state index contributed by atoms with van der Waals surface area (Å²) in [6.45, 7) is 3.49. The number of nitrogens with zero attached hydrogens (tertiary/aromatic N) is 1. The van der Waals surface area contributed by atoms with Gasteiger partial charge in [0.2, 0.25) is 5.91 Å². The van der Waals surface area contributed by atoms with Crippen LogP contribution >= 0.6 is 23.4 Å². The van der Waals surface area contributed by atoms with Gasteiger partial charge in [-0.25, -0.2) is 0 Å². The number of thioether (sulfide) groups is 1. The summed E-state index contributed by atoms with van der Waals surface area (Å²) in [6, 6.07) is 15.2. The molecule has 7 nitrogen and oxygen atoms in total. The number of amides is 2. The second-order valence-corrected chi connectivity index (χ2v) is 10.2. The molecule has 0 unspecified atom stereocenters. The SMILES string of the molecule is CC1=C(C(=O)Nc2cc(C(F)(F)F)ccc2Cl)[C@H](c2ccco2)C(C#N)=C(SCC(=O)Nc2cccc(C)c2)N1. The summed E-state index contributed by atoms with van der Waals surface area (Å²) in [5.41, 5.74) is 0.866. The van der Waals surface area contributed by atoms with Gasteiger partial charge in [-0.15, -0.1) is 0 Å². The Balaban J connectivity index is 1.61. The highest BCUT2D eigenvalue weighted by molar-refractivity contribution is 8.03. The molecule has 0 aliphatic carbocycles. The predicted molar refractivity (Wildman–Crippen MR) is 147 cm³/mol. The molecule has 1 atom stereocenters. The lowest BCUT2D eigenvalue weighted by molar-refractivity contribution is -0.137. The Morgan fingerprint density at radius 2 is 1.90 bits per heavy atom. The summed E-state index contributed by atoms with van der Waals surface area (Å²) in [4.78, 5) is 26.1. The number of hydrogen-bond acceptors (Lipinski definition) is 6. The maximum Gasteiger partial charge on any atom is 0.416 e. The van der Waals surface area contributed by atoms with Crippen molar-refractivity contribution in [2.45, 2.75) is 25.9 Å². The lowest BCUT2D eigenvalue weighted by Gasteiger charge is -2.28. The molecule has 1 aliphatic rings. The average Bonchev–Trinajstić information content (AvgIpc) is 3.42. The first-order valence-electron chi connectivity index (χ1n) is 11.8. The minimum Gasteiger partial charge on any atom is -0.468 e. The average molecular weight is 587 g/mol. The van der Waals surface area contributed by atoms with Gasteiger partial charge in [-0.3, -0.25) is 9.59 Å². The Morgan fingerprint density at radius 1 is 1.12 bits per heavy atom. The van der Waals surface area contributed by atoms with Crippen molar-refractivity contribution in [1.29, 1.82) is 5.26 Å². The molecule has 0 fully saturated rings. The Hall–Kier alpha value is -4.14. The van der Waals surface area contributed by atoms with E-state index in [0.717, 1.165) is 35.5 Å². The van der Waals surface area contributed by atoms with Crippen LogP contribution in [0.25, 0.3) is 0 Å². The summed E-state index contributed by atoms with van der Waals surface area (Å²) in [5, 5.41) is 18.6. The number of alkyl halides is 3. The first-order chi connectivity index (χ1) is 19.0. The molecule has 0 spiro atoms. The number of benzene rings is 2. The Morgan fingerprint density at radius 3 is 2.55 bits per heavy atom. The number of dihydropyridines is 1. The zero-order valence-corrected chi connectivity index (χ0v) is 22.7. The number of halogens is 4. The third-order valence-corrected chi connectivity index (χ3v) is 7.26.